The first-order chi connectivity index (χ1) is 16.5. The topological polar surface area (TPSA) is 105 Å². The molecule has 2 saturated carbocycles. The lowest BCUT2D eigenvalue weighted by molar-refractivity contribution is -0.138. The molecule has 0 spiro atoms. The first kappa shape index (κ1) is 22.4. The molecule has 178 valence electrons. The van der Waals surface area contributed by atoms with E-state index >= 15 is 0 Å². The second-order valence-corrected chi connectivity index (χ2v) is 9.71. The molecule has 3 aliphatic rings. The first-order valence-corrected chi connectivity index (χ1v) is 12.1. The maximum Gasteiger partial charge on any atom is 0.407 e. The van der Waals surface area contributed by atoms with Gasteiger partial charge in [-0.3, -0.25) is 9.59 Å². The highest BCUT2D eigenvalue weighted by molar-refractivity contribution is 5.82. The minimum Gasteiger partial charge on any atom is -0.481 e. The molecule has 0 unspecified atom stereocenters. The molecular formula is C27H30N2O5. The van der Waals surface area contributed by atoms with Crippen LogP contribution in [0.1, 0.15) is 49.1 Å². The number of carbonyl (C=O) groups excluding carboxylic acids is 2. The van der Waals surface area contributed by atoms with Crippen LogP contribution in [0.2, 0.25) is 0 Å². The van der Waals surface area contributed by atoms with E-state index in [0.29, 0.717) is 6.54 Å². The highest BCUT2D eigenvalue weighted by Gasteiger charge is 2.44. The average molecular weight is 463 g/mol. The Hall–Kier alpha value is -3.35. The number of carboxylic acids is 1. The molecule has 2 aromatic carbocycles. The summed E-state index contributed by atoms with van der Waals surface area (Å²) >= 11 is 0. The Balaban J connectivity index is 1.08. The lowest BCUT2D eigenvalue weighted by atomic mass is 9.98. The highest BCUT2D eigenvalue weighted by Crippen LogP contribution is 2.44. The van der Waals surface area contributed by atoms with Crippen LogP contribution in [0.4, 0.5) is 4.79 Å². The monoisotopic (exact) mass is 462 g/mol. The zero-order valence-corrected chi connectivity index (χ0v) is 19.0. The Labute approximate surface area is 198 Å². The van der Waals surface area contributed by atoms with Crippen LogP contribution in [-0.4, -0.2) is 42.3 Å². The van der Waals surface area contributed by atoms with Gasteiger partial charge in [-0.25, -0.2) is 4.79 Å². The van der Waals surface area contributed by atoms with Crippen molar-refractivity contribution < 1.29 is 24.2 Å². The standard InChI is InChI=1S/C27H30N2O5/c30-25(31)13-16-6-5-11-24(16)29-26(32)22-12-17(22)14-28-27(33)34-15-23-20-9-3-1-7-18(20)19-8-2-4-10-21(19)23/h1-4,7-10,16-17,22-24H,5-6,11-15H2,(H,28,33)(H,29,32)(H,30,31)/t16-,17-,22-,24+/m0/s1. The smallest absolute Gasteiger partial charge is 0.407 e. The number of hydrogen-bond acceptors (Lipinski definition) is 4. The fourth-order valence-electron chi connectivity index (χ4n) is 5.64. The maximum absolute atomic E-state index is 12.6. The van der Waals surface area contributed by atoms with E-state index < -0.39 is 12.1 Å². The van der Waals surface area contributed by atoms with E-state index in [2.05, 4.69) is 34.9 Å². The number of benzene rings is 2. The van der Waals surface area contributed by atoms with Crippen LogP contribution in [0.5, 0.6) is 0 Å². The van der Waals surface area contributed by atoms with Crippen molar-refractivity contribution >= 4 is 18.0 Å². The Kier molecular flexibility index (Phi) is 6.26. The van der Waals surface area contributed by atoms with Crippen molar-refractivity contribution in [1.29, 1.82) is 0 Å². The Morgan fingerprint density at radius 1 is 0.941 bits per heavy atom. The van der Waals surface area contributed by atoms with E-state index in [-0.39, 0.29) is 48.6 Å². The lowest BCUT2D eigenvalue weighted by Crippen LogP contribution is -2.39. The first-order valence-electron chi connectivity index (χ1n) is 12.1. The number of nitrogens with one attached hydrogen (secondary N) is 2. The second kappa shape index (κ2) is 9.49. The summed E-state index contributed by atoms with van der Waals surface area (Å²) in [6.07, 6.45) is 2.98. The number of ether oxygens (including phenoxy) is 1. The van der Waals surface area contributed by atoms with Gasteiger partial charge in [0.25, 0.3) is 0 Å². The van der Waals surface area contributed by atoms with E-state index in [1.165, 1.54) is 22.3 Å². The van der Waals surface area contributed by atoms with Crippen molar-refractivity contribution in [3.05, 3.63) is 59.7 Å². The molecule has 4 atom stereocenters. The molecule has 5 rings (SSSR count). The number of carbonyl (C=O) groups is 3. The van der Waals surface area contributed by atoms with E-state index in [0.717, 1.165) is 25.7 Å². The summed E-state index contributed by atoms with van der Waals surface area (Å²) in [5.74, 6) is -0.843. The van der Waals surface area contributed by atoms with E-state index in [1.807, 2.05) is 24.3 Å². The number of hydrogen-bond donors (Lipinski definition) is 3. The molecule has 34 heavy (non-hydrogen) atoms. The molecule has 3 N–H and O–H groups in total. The number of rotatable bonds is 8. The van der Waals surface area contributed by atoms with E-state index in [9.17, 15) is 14.4 Å². The summed E-state index contributed by atoms with van der Waals surface area (Å²) < 4.78 is 5.57. The van der Waals surface area contributed by atoms with Crippen LogP contribution >= 0.6 is 0 Å². The van der Waals surface area contributed by atoms with Gasteiger partial charge in [0.05, 0.1) is 6.42 Å². The highest BCUT2D eigenvalue weighted by atomic mass is 16.5. The molecule has 2 aromatic rings. The van der Waals surface area contributed by atoms with Gasteiger partial charge in [0.15, 0.2) is 0 Å². The van der Waals surface area contributed by atoms with Crippen molar-refractivity contribution in [2.75, 3.05) is 13.2 Å². The lowest BCUT2D eigenvalue weighted by Gasteiger charge is -2.19. The molecule has 0 saturated heterocycles. The summed E-state index contributed by atoms with van der Waals surface area (Å²) in [7, 11) is 0. The minimum absolute atomic E-state index is 0.0117. The summed E-state index contributed by atoms with van der Waals surface area (Å²) in [6, 6.07) is 16.4. The number of alkyl carbamates (subject to hydrolysis) is 1. The molecule has 0 radical (unpaired) electrons. The molecule has 0 aliphatic heterocycles. The van der Waals surface area contributed by atoms with Crippen LogP contribution in [0.25, 0.3) is 11.1 Å². The Morgan fingerprint density at radius 3 is 2.29 bits per heavy atom. The van der Waals surface area contributed by atoms with Crippen LogP contribution in [0.15, 0.2) is 48.5 Å². The van der Waals surface area contributed by atoms with Crippen molar-refractivity contribution in [3.8, 4) is 11.1 Å². The molecule has 7 heteroatoms. The van der Waals surface area contributed by atoms with Crippen molar-refractivity contribution in [3.63, 3.8) is 0 Å². The van der Waals surface area contributed by atoms with Gasteiger partial charge in [0, 0.05) is 24.4 Å². The van der Waals surface area contributed by atoms with Crippen LogP contribution in [-0.2, 0) is 14.3 Å². The second-order valence-electron chi connectivity index (χ2n) is 9.71. The molecule has 0 aromatic heterocycles. The summed E-state index contributed by atoms with van der Waals surface area (Å²) in [5, 5.41) is 14.9. The summed E-state index contributed by atoms with van der Waals surface area (Å²) in [4.78, 5) is 36.0. The third-order valence-corrected chi connectivity index (χ3v) is 7.54. The molecular weight excluding hydrogens is 432 g/mol. The molecule has 3 aliphatic carbocycles. The maximum atomic E-state index is 12.6. The molecule has 2 fully saturated rings. The minimum atomic E-state index is -0.817. The van der Waals surface area contributed by atoms with E-state index in [1.54, 1.807) is 0 Å². The van der Waals surface area contributed by atoms with Gasteiger partial charge in [0.1, 0.15) is 6.61 Å². The van der Waals surface area contributed by atoms with Gasteiger partial charge < -0.3 is 20.5 Å². The Bertz CT molecular complexity index is 1050. The van der Waals surface area contributed by atoms with Gasteiger partial charge >= 0.3 is 12.1 Å². The molecule has 0 heterocycles. The SMILES string of the molecule is O=C(O)C[C@@H]1CCC[C@H]1NC(=O)[C@H]1C[C@H]1CNC(=O)OCC1c2ccccc2-c2ccccc21. The Morgan fingerprint density at radius 2 is 1.62 bits per heavy atom. The molecule has 2 amide bonds. The number of carboxylic acid groups (broad SMARTS) is 1. The van der Waals surface area contributed by atoms with Gasteiger partial charge in [-0.2, -0.15) is 0 Å². The van der Waals surface area contributed by atoms with E-state index in [4.69, 9.17) is 9.84 Å². The molecule has 0 bridgehead atoms. The normalized spacial score (nSPS) is 24.7. The van der Waals surface area contributed by atoms with Crippen LogP contribution < -0.4 is 10.6 Å². The quantitative estimate of drug-likeness (QED) is 0.552. The predicted molar refractivity (Wildman–Crippen MR) is 126 cm³/mol. The number of fused-ring (bicyclic) bond motifs is 3. The zero-order valence-electron chi connectivity index (χ0n) is 19.0. The third kappa shape index (κ3) is 4.65. The van der Waals surface area contributed by atoms with Gasteiger partial charge in [-0.05, 0) is 53.4 Å². The van der Waals surface area contributed by atoms with Crippen molar-refractivity contribution in [1.82, 2.24) is 10.6 Å². The zero-order chi connectivity index (χ0) is 23.7. The third-order valence-electron chi connectivity index (χ3n) is 7.54. The average Bonchev–Trinajstić information content (AvgIpc) is 3.39. The number of aliphatic carboxylic acids is 1. The van der Waals surface area contributed by atoms with Gasteiger partial charge in [-0.1, -0.05) is 55.0 Å². The van der Waals surface area contributed by atoms with Gasteiger partial charge in [-0.15, -0.1) is 0 Å². The fraction of sp³-hybridized carbons (Fsp3) is 0.444. The van der Waals surface area contributed by atoms with Crippen LogP contribution in [0.3, 0.4) is 0 Å². The number of amides is 2. The largest absolute Gasteiger partial charge is 0.481 e. The van der Waals surface area contributed by atoms with Gasteiger partial charge in [0.2, 0.25) is 5.91 Å². The summed E-state index contributed by atoms with van der Waals surface area (Å²) in [6.45, 7) is 0.666. The van der Waals surface area contributed by atoms with Crippen LogP contribution in [0, 0.1) is 17.8 Å². The van der Waals surface area contributed by atoms with Crippen molar-refractivity contribution in [2.45, 2.75) is 44.1 Å². The summed E-state index contributed by atoms with van der Waals surface area (Å²) in [5.41, 5.74) is 4.71. The van der Waals surface area contributed by atoms with Crippen molar-refractivity contribution in [2.24, 2.45) is 17.8 Å². The fourth-order valence-corrected chi connectivity index (χ4v) is 5.64. The molecule has 7 nitrogen and oxygen atoms in total. The predicted octanol–water partition coefficient (Wildman–Crippen LogP) is 3.92.